The molecule has 0 bridgehead atoms. The molecule has 0 saturated carbocycles. The Labute approximate surface area is 82.3 Å². The van der Waals surface area contributed by atoms with Crippen molar-refractivity contribution in [3.05, 3.63) is 29.8 Å². The number of para-hydroxylation sites is 1. The molecule has 0 radical (unpaired) electrons. The van der Waals surface area contributed by atoms with E-state index in [-0.39, 0.29) is 1.43 Å². The lowest BCUT2D eigenvalue weighted by Crippen LogP contribution is -2.10. The van der Waals surface area contributed by atoms with Crippen LogP contribution in [0.5, 0.6) is 5.75 Å². The molecule has 0 heterocycles. The van der Waals surface area contributed by atoms with Gasteiger partial charge in [0, 0.05) is 13.5 Å². The maximum Gasteiger partial charge on any atom is 0.120 e. The number of hydrogen-bond donors (Lipinski definition) is 1. The molecule has 0 aliphatic carbocycles. The summed E-state index contributed by atoms with van der Waals surface area (Å²) in [5, 5.41) is 9.33. The van der Waals surface area contributed by atoms with Crippen molar-refractivity contribution in [2.24, 2.45) is 0 Å². The van der Waals surface area contributed by atoms with Gasteiger partial charge in [-0.1, -0.05) is 32.0 Å². The van der Waals surface area contributed by atoms with Gasteiger partial charge in [0.15, 0.2) is 0 Å². The van der Waals surface area contributed by atoms with E-state index in [0.717, 1.165) is 12.1 Å². The second kappa shape index (κ2) is 6.49. The van der Waals surface area contributed by atoms with Gasteiger partial charge in [0.1, 0.15) is 5.75 Å². The molecular formula is C11H21NO. The van der Waals surface area contributed by atoms with E-state index in [4.69, 9.17) is 0 Å². The molecule has 0 fully saturated rings. The molecule has 0 atom stereocenters. The molecular weight excluding hydrogens is 162 g/mol. The first kappa shape index (κ1) is 12.0. The molecule has 1 N–H and O–H groups in total. The van der Waals surface area contributed by atoms with Crippen LogP contribution in [0.15, 0.2) is 24.3 Å². The van der Waals surface area contributed by atoms with Crippen molar-refractivity contribution in [2.45, 2.75) is 20.4 Å². The third kappa shape index (κ3) is 4.53. The van der Waals surface area contributed by atoms with E-state index in [0.29, 0.717) is 5.75 Å². The zero-order chi connectivity index (χ0) is 10.3. The van der Waals surface area contributed by atoms with Crippen LogP contribution in [-0.4, -0.2) is 24.1 Å². The summed E-state index contributed by atoms with van der Waals surface area (Å²) in [6, 6.07) is 7.39. The molecule has 2 heteroatoms. The number of aromatic hydroxyl groups is 1. The lowest BCUT2D eigenvalue weighted by molar-refractivity contribution is 0.386. The predicted octanol–water partition coefficient (Wildman–Crippen LogP) is 2.73. The molecule has 2 nitrogen and oxygen atoms in total. The van der Waals surface area contributed by atoms with Crippen LogP contribution in [0.2, 0.25) is 0 Å². The highest BCUT2D eigenvalue weighted by atomic mass is 16.3. The SMILES string of the molecule is CC.CN(C)Cc1ccccc1O.[HH]. The minimum atomic E-state index is 0. The van der Waals surface area contributed by atoms with E-state index < -0.39 is 0 Å². The van der Waals surface area contributed by atoms with E-state index >= 15 is 0 Å². The molecule has 13 heavy (non-hydrogen) atoms. The largest absolute Gasteiger partial charge is 0.508 e. The van der Waals surface area contributed by atoms with E-state index in [1.165, 1.54) is 0 Å². The lowest BCUT2D eigenvalue weighted by Gasteiger charge is -2.10. The number of phenols is 1. The fourth-order valence-corrected chi connectivity index (χ4v) is 0.985. The van der Waals surface area contributed by atoms with Gasteiger partial charge < -0.3 is 10.0 Å². The number of nitrogens with zero attached hydrogens (tertiary/aromatic N) is 1. The van der Waals surface area contributed by atoms with E-state index in [2.05, 4.69) is 0 Å². The first-order valence-corrected chi connectivity index (χ1v) is 4.62. The second-order valence-corrected chi connectivity index (χ2v) is 2.87. The van der Waals surface area contributed by atoms with Gasteiger partial charge in [-0.25, -0.2) is 0 Å². The van der Waals surface area contributed by atoms with Crippen molar-refractivity contribution in [1.82, 2.24) is 4.90 Å². The predicted molar refractivity (Wildman–Crippen MR) is 59.0 cm³/mol. The van der Waals surface area contributed by atoms with Crippen molar-refractivity contribution in [2.75, 3.05) is 14.1 Å². The quantitative estimate of drug-likeness (QED) is 0.762. The first-order valence-electron chi connectivity index (χ1n) is 4.62. The summed E-state index contributed by atoms with van der Waals surface area (Å²) in [5.41, 5.74) is 0.970. The van der Waals surface area contributed by atoms with Crippen LogP contribution in [0, 0.1) is 0 Å². The molecule has 1 aromatic rings. The molecule has 1 rings (SSSR count). The second-order valence-electron chi connectivity index (χ2n) is 2.87. The van der Waals surface area contributed by atoms with Gasteiger partial charge in [0.25, 0.3) is 0 Å². The number of hydrogen-bond acceptors (Lipinski definition) is 2. The monoisotopic (exact) mass is 183 g/mol. The van der Waals surface area contributed by atoms with E-state index in [1.54, 1.807) is 6.07 Å². The van der Waals surface area contributed by atoms with E-state index in [1.807, 2.05) is 51.0 Å². The lowest BCUT2D eigenvalue weighted by atomic mass is 10.2. The van der Waals surface area contributed by atoms with Gasteiger partial charge in [0.2, 0.25) is 0 Å². The Morgan fingerprint density at radius 2 is 1.77 bits per heavy atom. The highest BCUT2D eigenvalue weighted by Gasteiger charge is 1.98. The maximum absolute atomic E-state index is 9.33. The van der Waals surface area contributed by atoms with Crippen LogP contribution in [0.3, 0.4) is 0 Å². The number of rotatable bonds is 2. The minimum Gasteiger partial charge on any atom is -0.508 e. The van der Waals surface area contributed by atoms with Gasteiger partial charge >= 0.3 is 0 Å². The Morgan fingerprint density at radius 1 is 1.23 bits per heavy atom. The van der Waals surface area contributed by atoms with Gasteiger partial charge in [-0.15, -0.1) is 0 Å². The molecule has 0 unspecified atom stereocenters. The van der Waals surface area contributed by atoms with Crippen molar-refractivity contribution in [3.63, 3.8) is 0 Å². The maximum atomic E-state index is 9.33. The molecule has 0 aliphatic rings. The molecule has 0 amide bonds. The third-order valence-corrected chi connectivity index (χ3v) is 1.48. The third-order valence-electron chi connectivity index (χ3n) is 1.48. The zero-order valence-electron chi connectivity index (χ0n) is 8.91. The number of phenolic OH excluding ortho intramolecular Hbond substituents is 1. The minimum absolute atomic E-state index is 0. The molecule has 0 spiro atoms. The highest BCUT2D eigenvalue weighted by Crippen LogP contribution is 2.16. The van der Waals surface area contributed by atoms with Crippen LogP contribution >= 0.6 is 0 Å². The fourth-order valence-electron chi connectivity index (χ4n) is 0.985. The van der Waals surface area contributed by atoms with Crippen LogP contribution in [-0.2, 0) is 6.54 Å². The summed E-state index contributed by atoms with van der Waals surface area (Å²) in [6.45, 7) is 4.78. The topological polar surface area (TPSA) is 23.5 Å². The molecule has 76 valence electrons. The smallest absolute Gasteiger partial charge is 0.120 e. The average Bonchev–Trinajstić information content (AvgIpc) is 2.12. The van der Waals surface area contributed by atoms with Crippen molar-refractivity contribution >= 4 is 0 Å². The van der Waals surface area contributed by atoms with Gasteiger partial charge in [-0.2, -0.15) is 0 Å². The Morgan fingerprint density at radius 3 is 2.23 bits per heavy atom. The molecule has 0 saturated heterocycles. The summed E-state index contributed by atoms with van der Waals surface area (Å²) in [5.74, 6) is 0.376. The van der Waals surface area contributed by atoms with Crippen LogP contribution in [0.25, 0.3) is 0 Å². The van der Waals surface area contributed by atoms with Crippen molar-refractivity contribution in [3.8, 4) is 5.75 Å². The first-order chi connectivity index (χ1) is 6.20. The normalized spacial score (nSPS) is 9.31. The van der Waals surface area contributed by atoms with Gasteiger partial charge in [0.05, 0.1) is 0 Å². The highest BCUT2D eigenvalue weighted by molar-refractivity contribution is 5.31. The summed E-state index contributed by atoms with van der Waals surface area (Å²) < 4.78 is 0. The Kier molecular flexibility index (Phi) is 5.98. The number of benzene rings is 1. The van der Waals surface area contributed by atoms with Crippen LogP contribution < -0.4 is 0 Å². The summed E-state index contributed by atoms with van der Waals surface area (Å²) in [4.78, 5) is 2.02. The van der Waals surface area contributed by atoms with Crippen molar-refractivity contribution in [1.29, 1.82) is 0 Å². The van der Waals surface area contributed by atoms with Crippen LogP contribution in [0.4, 0.5) is 0 Å². The zero-order valence-corrected chi connectivity index (χ0v) is 8.91. The van der Waals surface area contributed by atoms with Crippen LogP contribution in [0.1, 0.15) is 20.8 Å². The van der Waals surface area contributed by atoms with Crippen molar-refractivity contribution < 1.29 is 6.53 Å². The van der Waals surface area contributed by atoms with Gasteiger partial charge in [-0.3, -0.25) is 0 Å². The Hall–Kier alpha value is -1.02. The average molecular weight is 183 g/mol. The standard InChI is InChI=1S/C9H13NO.C2H6.H2/c1-10(2)7-8-5-3-4-6-9(8)11;1-2;/h3-6,11H,7H2,1-2H3;1-2H3;1H. The molecule has 0 aromatic heterocycles. The Balaban J connectivity index is 0. The van der Waals surface area contributed by atoms with E-state index in [9.17, 15) is 5.11 Å². The van der Waals surface area contributed by atoms with Gasteiger partial charge in [-0.05, 0) is 20.2 Å². The Bertz CT molecular complexity index is 238. The summed E-state index contributed by atoms with van der Waals surface area (Å²) in [6.07, 6.45) is 0. The molecule has 1 aromatic carbocycles. The molecule has 0 aliphatic heterocycles. The fraction of sp³-hybridized carbons (Fsp3) is 0.455. The summed E-state index contributed by atoms with van der Waals surface area (Å²) >= 11 is 0. The summed E-state index contributed by atoms with van der Waals surface area (Å²) in [7, 11) is 3.96.